The minimum atomic E-state index is -0.150. The summed E-state index contributed by atoms with van der Waals surface area (Å²) in [5.41, 5.74) is 1.42. The van der Waals surface area contributed by atoms with E-state index in [0.717, 1.165) is 0 Å². The molecule has 2 aromatic carbocycles. The van der Waals surface area contributed by atoms with Crippen molar-refractivity contribution < 1.29 is 14.3 Å². The number of nitrogens with zero attached hydrogens (tertiary/aromatic N) is 2. The average molecular weight is 421 g/mol. The molecular formula is C24H21ClN2O3. The first-order valence-corrected chi connectivity index (χ1v) is 10.3. The van der Waals surface area contributed by atoms with Crippen LogP contribution >= 0.6 is 11.6 Å². The van der Waals surface area contributed by atoms with Crippen molar-refractivity contribution >= 4 is 23.3 Å². The normalized spacial score (nSPS) is 14.4. The van der Waals surface area contributed by atoms with E-state index in [2.05, 4.69) is 4.98 Å². The van der Waals surface area contributed by atoms with Gasteiger partial charge < -0.3 is 9.64 Å². The maximum absolute atomic E-state index is 13.2. The Morgan fingerprint density at radius 2 is 1.57 bits per heavy atom. The van der Waals surface area contributed by atoms with E-state index < -0.39 is 0 Å². The van der Waals surface area contributed by atoms with E-state index >= 15 is 0 Å². The van der Waals surface area contributed by atoms with Gasteiger partial charge in [-0.2, -0.15) is 0 Å². The van der Waals surface area contributed by atoms with Gasteiger partial charge in [-0.05, 0) is 18.2 Å². The summed E-state index contributed by atoms with van der Waals surface area (Å²) in [6.45, 7) is 1.09. The van der Waals surface area contributed by atoms with Crippen LogP contribution < -0.4 is 4.74 Å². The zero-order chi connectivity index (χ0) is 20.9. The molecule has 0 spiro atoms. The number of hydrogen-bond acceptors (Lipinski definition) is 4. The van der Waals surface area contributed by atoms with Gasteiger partial charge in [-0.15, -0.1) is 0 Å². The van der Waals surface area contributed by atoms with Gasteiger partial charge in [0.1, 0.15) is 11.1 Å². The molecule has 30 heavy (non-hydrogen) atoms. The molecule has 5 nitrogen and oxygen atoms in total. The Morgan fingerprint density at radius 1 is 0.900 bits per heavy atom. The molecule has 0 atom stereocenters. The third-order valence-corrected chi connectivity index (χ3v) is 5.46. The highest BCUT2D eigenvalue weighted by Gasteiger charge is 2.27. The van der Waals surface area contributed by atoms with E-state index in [4.69, 9.17) is 16.3 Å². The van der Waals surface area contributed by atoms with Gasteiger partial charge in [0.25, 0.3) is 5.91 Å². The summed E-state index contributed by atoms with van der Waals surface area (Å²) in [5, 5.41) is 0.476. The van der Waals surface area contributed by atoms with Crippen molar-refractivity contribution in [3.8, 4) is 5.88 Å². The van der Waals surface area contributed by atoms with Crippen LogP contribution in [0.3, 0.4) is 0 Å². The van der Waals surface area contributed by atoms with Gasteiger partial charge in [0.2, 0.25) is 5.88 Å². The summed E-state index contributed by atoms with van der Waals surface area (Å²) >= 11 is 6.12. The highest BCUT2D eigenvalue weighted by Crippen LogP contribution is 2.25. The van der Waals surface area contributed by atoms with Crippen LogP contribution in [0.4, 0.5) is 0 Å². The fourth-order valence-corrected chi connectivity index (χ4v) is 3.74. The van der Waals surface area contributed by atoms with Crippen LogP contribution in [-0.4, -0.2) is 40.8 Å². The number of pyridine rings is 1. The topological polar surface area (TPSA) is 59.5 Å². The second-order valence-electron chi connectivity index (χ2n) is 7.14. The summed E-state index contributed by atoms with van der Waals surface area (Å²) in [5.74, 6) is 0.134. The minimum Gasteiger partial charge on any atom is -0.473 e. The number of rotatable bonds is 5. The largest absolute Gasteiger partial charge is 0.473 e. The molecule has 1 saturated heterocycles. The lowest BCUT2D eigenvalue weighted by Crippen LogP contribution is -2.42. The number of carbonyl (C=O) groups is 2. The predicted octanol–water partition coefficient (Wildman–Crippen LogP) is 4.65. The van der Waals surface area contributed by atoms with Gasteiger partial charge in [-0.25, -0.2) is 4.98 Å². The SMILES string of the molecule is O=C(c1ccccc1)c1ccccc1C(=O)N1CCC(Oc2ncccc2Cl)CC1. The molecule has 4 rings (SSSR count). The van der Waals surface area contributed by atoms with Crippen molar-refractivity contribution in [1.29, 1.82) is 0 Å². The van der Waals surface area contributed by atoms with Gasteiger partial charge >= 0.3 is 0 Å². The molecule has 2 heterocycles. The molecule has 6 heteroatoms. The maximum Gasteiger partial charge on any atom is 0.254 e. The summed E-state index contributed by atoms with van der Waals surface area (Å²) in [6, 6.07) is 19.5. The van der Waals surface area contributed by atoms with E-state index in [1.54, 1.807) is 59.6 Å². The number of benzene rings is 2. The summed E-state index contributed by atoms with van der Waals surface area (Å²) < 4.78 is 5.90. The van der Waals surface area contributed by atoms with Gasteiger partial charge in [-0.3, -0.25) is 9.59 Å². The number of carbonyl (C=O) groups excluding carboxylic acids is 2. The Morgan fingerprint density at radius 3 is 2.27 bits per heavy atom. The molecule has 0 bridgehead atoms. The molecule has 0 radical (unpaired) electrons. The van der Waals surface area contributed by atoms with Crippen molar-refractivity contribution in [3.05, 3.63) is 94.6 Å². The van der Waals surface area contributed by atoms with Crippen molar-refractivity contribution in [2.24, 2.45) is 0 Å². The lowest BCUT2D eigenvalue weighted by Gasteiger charge is -2.32. The van der Waals surface area contributed by atoms with E-state index in [1.807, 2.05) is 18.2 Å². The molecule has 1 fully saturated rings. The number of halogens is 1. The van der Waals surface area contributed by atoms with Gasteiger partial charge in [-0.1, -0.05) is 60.1 Å². The van der Waals surface area contributed by atoms with Gasteiger partial charge in [0.15, 0.2) is 5.78 Å². The number of amides is 1. The van der Waals surface area contributed by atoms with E-state index in [9.17, 15) is 9.59 Å². The first kappa shape index (κ1) is 20.1. The highest BCUT2D eigenvalue weighted by molar-refractivity contribution is 6.31. The van der Waals surface area contributed by atoms with E-state index in [0.29, 0.717) is 53.5 Å². The molecule has 1 aliphatic heterocycles. The lowest BCUT2D eigenvalue weighted by atomic mass is 9.97. The number of likely N-dealkylation sites (tertiary alicyclic amines) is 1. The van der Waals surface area contributed by atoms with Gasteiger partial charge in [0.05, 0.1) is 5.56 Å². The molecule has 3 aromatic rings. The van der Waals surface area contributed by atoms with Crippen LogP contribution in [0.5, 0.6) is 5.88 Å². The molecule has 1 aliphatic rings. The fourth-order valence-electron chi connectivity index (χ4n) is 3.58. The van der Waals surface area contributed by atoms with Crippen molar-refractivity contribution in [2.45, 2.75) is 18.9 Å². The Hall–Kier alpha value is -3.18. The number of ketones is 1. The maximum atomic E-state index is 13.2. The van der Waals surface area contributed by atoms with Crippen LogP contribution in [0.1, 0.15) is 39.1 Å². The Kier molecular flexibility index (Phi) is 6.10. The summed E-state index contributed by atoms with van der Waals surface area (Å²) in [4.78, 5) is 32.0. The second kappa shape index (κ2) is 9.09. The van der Waals surface area contributed by atoms with Crippen LogP contribution in [0.15, 0.2) is 72.9 Å². The number of ether oxygens (including phenoxy) is 1. The standard InChI is InChI=1S/C24H21ClN2O3/c25-21-11-6-14-26-23(21)30-18-12-15-27(16-13-18)24(29)20-10-5-4-9-19(20)22(28)17-7-2-1-3-8-17/h1-11,14,18H,12-13,15-16H2. The Balaban J connectivity index is 1.45. The average Bonchev–Trinajstić information content (AvgIpc) is 2.81. The molecule has 0 unspecified atom stereocenters. The van der Waals surface area contributed by atoms with Crippen LogP contribution in [-0.2, 0) is 0 Å². The van der Waals surface area contributed by atoms with Crippen molar-refractivity contribution in [1.82, 2.24) is 9.88 Å². The number of hydrogen-bond donors (Lipinski definition) is 0. The van der Waals surface area contributed by atoms with Crippen LogP contribution in [0.2, 0.25) is 5.02 Å². The van der Waals surface area contributed by atoms with E-state index in [1.165, 1.54) is 0 Å². The Bertz CT molecular complexity index is 1050. The molecular weight excluding hydrogens is 400 g/mol. The predicted molar refractivity (Wildman–Crippen MR) is 115 cm³/mol. The third kappa shape index (κ3) is 4.36. The smallest absolute Gasteiger partial charge is 0.254 e. The monoisotopic (exact) mass is 420 g/mol. The zero-order valence-electron chi connectivity index (χ0n) is 16.3. The number of aromatic nitrogens is 1. The van der Waals surface area contributed by atoms with Crippen molar-refractivity contribution in [2.75, 3.05) is 13.1 Å². The van der Waals surface area contributed by atoms with Crippen LogP contribution in [0.25, 0.3) is 0 Å². The van der Waals surface area contributed by atoms with Crippen LogP contribution in [0, 0.1) is 0 Å². The third-order valence-electron chi connectivity index (χ3n) is 5.17. The second-order valence-corrected chi connectivity index (χ2v) is 7.55. The first-order chi connectivity index (χ1) is 14.6. The highest BCUT2D eigenvalue weighted by atomic mass is 35.5. The fraction of sp³-hybridized carbons (Fsp3) is 0.208. The molecule has 0 N–H and O–H groups in total. The minimum absolute atomic E-state index is 0.0531. The summed E-state index contributed by atoms with van der Waals surface area (Å²) in [6.07, 6.45) is 2.93. The van der Waals surface area contributed by atoms with E-state index in [-0.39, 0.29) is 17.8 Å². The summed E-state index contributed by atoms with van der Waals surface area (Å²) in [7, 11) is 0. The Labute approximate surface area is 180 Å². The van der Waals surface area contributed by atoms with Crippen molar-refractivity contribution in [3.63, 3.8) is 0 Å². The molecule has 1 amide bonds. The zero-order valence-corrected chi connectivity index (χ0v) is 17.1. The molecule has 152 valence electrons. The molecule has 0 saturated carbocycles. The molecule has 0 aliphatic carbocycles. The lowest BCUT2D eigenvalue weighted by molar-refractivity contribution is 0.0585. The quantitative estimate of drug-likeness (QED) is 0.564. The van der Waals surface area contributed by atoms with Gasteiger partial charge in [0, 0.05) is 43.3 Å². The number of piperidine rings is 1. The molecule has 1 aromatic heterocycles. The first-order valence-electron chi connectivity index (χ1n) is 9.88.